The zero-order valence-corrected chi connectivity index (χ0v) is 13.8. The van der Waals surface area contributed by atoms with Crippen molar-refractivity contribution >= 4 is 5.78 Å². The molecule has 1 aromatic rings. The van der Waals surface area contributed by atoms with E-state index in [0.717, 1.165) is 30.8 Å². The van der Waals surface area contributed by atoms with Crippen molar-refractivity contribution in [1.82, 2.24) is 0 Å². The summed E-state index contributed by atoms with van der Waals surface area (Å²) in [5.74, 6) is 2.28. The number of methoxy groups -OCH3 is 1. The van der Waals surface area contributed by atoms with Gasteiger partial charge >= 0.3 is 0 Å². The van der Waals surface area contributed by atoms with Gasteiger partial charge in [0.25, 0.3) is 0 Å². The van der Waals surface area contributed by atoms with Crippen LogP contribution in [-0.2, 0) is 11.2 Å². The Balaban J connectivity index is 2.64. The molecule has 118 valence electrons. The van der Waals surface area contributed by atoms with Gasteiger partial charge in [0.1, 0.15) is 5.78 Å². The lowest BCUT2D eigenvalue weighted by Gasteiger charge is -2.14. The van der Waals surface area contributed by atoms with Gasteiger partial charge < -0.3 is 9.47 Å². The third-order valence-corrected chi connectivity index (χ3v) is 3.38. The van der Waals surface area contributed by atoms with E-state index >= 15 is 0 Å². The smallest absolute Gasteiger partial charge is 0.161 e. The predicted octanol–water partition coefficient (Wildman–Crippen LogP) is 4.42. The number of benzene rings is 1. The second-order valence-electron chi connectivity index (χ2n) is 5.64. The summed E-state index contributed by atoms with van der Waals surface area (Å²) < 4.78 is 11.0. The average molecular weight is 292 g/mol. The highest BCUT2D eigenvalue weighted by Gasteiger charge is 2.11. The normalized spacial score (nSPS) is 12.0. The van der Waals surface area contributed by atoms with Gasteiger partial charge in [-0.25, -0.2) is 0 Å². The molecule has 0 amide bonds. The molecular weight excluding hydrogens is 264 g/mol. The highest BCUT2D eigenvalue weighted by atomic mass is 16.5. The summed E-state index contributed by atoms with van der Waals surface area (Å²) >= 11 is 0. The van der Waals surface area contributed by atoms with Crippen molar-refractivity contribution in [3.05, 3.63) is 23.8 Å². The van der Waals surface area contributed by atoms with E-state index in [9.17, 15) is 4.79 Å². The summed E-state index contributed by atoms with van der Waals surface area (Å²) in [6.07, 6.45) is 4.14. The quantitative estimate of drug-likeness (QED) is 0.640. The minimum Gasteiger partial charge on any atom is -0.493 e. The molecule has 1 rings (SSSR count). The molecule has 0 saturated carbocycles. The summed E-state index contributed by atoms with van der Waals surface area (Å²) in [5, 5.41) is 0. The lowest BCUT2D eigenvalue weighted by atomic mass is 9.94. The summed E-state index contributed by atoms with van der Waals surface area (Å²) in [6, 6.07) is 6.05. The van der Waals surface area contributed by atoms with E-state index in [1.54, 1.807) is 7.11 Å². The predicted molar refractivity (Wildman–Crippen MR) is 86.2 cm³/mol. The zero-order chi connectivity index (χ0) is 15.7. The molecule has 0 radical (unpaired) electrons. The zero-order valence-electron chi connectivity index (χ0n) is 13.8. The minimum absolute atomic E-state index is 0.358. The van der Waals surface area contributed by atoms with Crippen molar-refractivity contribution in [2.45, 2.75) is 52.9 Å². The number of carbonyl (C=O) groups is 1. The molecule has 0 heterocycles. The van der Waals surface area contributed by atoms with E-state index in [1.807, 2.05) is 19.1 Å². The second kappa shape index (κ2) is 9.43. The number of hydrogen-bond acceptors (Lipinski definition) is 3. The van der Waals surface area contributed by atoms with Gasteiger partial charge in [0.05, 0.1) is 13.7 Å². The molecule has 1 unspecified atom stereocenters. The Kier molecular flexibility index (Phi) is 7.88. The van der Waals surface area contributed by atoms with Gasteiger partial charge in [-0.15, -0.1) is 0 Å². The van der Waals surface area contributed by atoms with E-state index < -0.39 is 0 Å². The number of ketones is 1. The van der Waals surface area contributed by atoms with Gasteiger partial charge in [0.2, 0.25) is 0 Å². The van der Waals surface area contributed by atoms with Crippen LogP contribution in [-0.4, -0.2) is 19.5 Å². The van der Waals surface area contributed by atoms with Crippen LogP contribution < -0.4 is 9.47 Å². The Bertz CT molecular complexity index is 440. The fourth-order valence-electron chi connectivity index (χ4n) is 2.41. The summed E-state index contributed by atoms with van der Waals surface area (Å²) in [7, 11) is 1.66. The maximum absolute atomic E-state index is 11.7. The van der Waals surface area contributed by atoms with E-state index in [2.05, 4.69) is 19.9 Å². The summed E-state index contributed by atoms with van der Waals surface area (Å²) in [4.78, 5) is 11.7. The Morgan fingerprint density at radius 1 is 1.19 bits per heavy atom. The Hall–Kier alpha value is -1.51. The highest BCUT2D eigenvalue weighted by Crippen LogP contribution is 2.29. The molecule has 0 spiro atoms. The molecule has 0 aliphatic rings. The molecule has 1 aromatic carbocycles. The number of Topliss-reactive ketones (excluding diaryl/α,β-unsaturated/α-hetero) is 1. The number of ether oxygens (including phenoxy) is 2. The first-order chi connectivity index (χ1) is 10.1. The molecule has 0 fully saturated rings. The Labute approximate surface area is 128 Å². The van der Waals surface area contributed by atoms with Crippen LogP contribution in [0.3, 0.4) is 0 Å². The monoisotopic (exact) mass is 292 g/mol. The molecule has 0 aliphatic heterocycles. The fraction of sp³-hybridized carbons (Fsp3) is 0.611. The third-order valence-electron chi connectivity index (χ3n) is 3.38. The maximum Gasteiger partial charge on any atom is 0.161 e. The van der Waals surface area contributed by atoms with Crippen LogP contribution in [0.4, 0.5) is 0 Å². The molecule has 21 heavy (non-hydrogen) atoms. The van der Waals surface area contributed by atoms with Crippen LogP contribution in [0.25, 0.3) is 0 Å². The molecule has 0 saturated heterocycles. The number of hydrogen-bond donors (Lipinski definition) is 0. The average Bonchev–Trinajstić information content (AvgIpc) is 2.45. The van der Waals surface area contributed by atoms with Crippen LogP contribution in [0.5, 0.6) is 11.5 Å². The van der Waals surface area contributed by atoms with Gasteiger partial charge in [0.15, 0.2) is 11.5 Å². The van der Waals surface area contributed by atoms with Crippen molar-refractivity contribution in [3.63, 3.8) is 0 Å². The van der Waals surface area contributed by atoms with Crippen molar-refractivity contribution in [1.29, 1.82) is 0 Å². The van der Waals surface area contributed by atoms with Gasteiger partial charge in [-0.3, -0.25) is 4.79 Å². The fourth-order valence-corrected chi connectivity index (χ4v) is 2.41. The molecule has 0 N–H and O–H groups in total. The third kappa shape index (κ3) is 6.19. The van der Waals surface area contributed by atoms with Crippen molar-refractivity contribution in [2.24, 2.45) is 5.92 Å². The largest absolute Gasteiger partial charge is 0.493 e. The van der Waals surface area contributed by atoms with Crippen molar-refractivity contribution < 1.29 is 14.3 Å². The second-order valence-corrected chi connectivity index (χ2v) is 5.64. The van der Waals surface area contributed by atoms with Crippen LogP contribution >= 0.6 is 0 Å². The lowest BCUT2D eigenvalue weighted by molar-refractivity contribution is -0.119. The van der Waals surface area contributed by atoms with E-state index in [1.165, 1.54) is 5.56 Å². The first-order valence-corrected chi connectivity index (χ1v) is 7.92. The molecule has 0 bridgehead atoms. The lowest BCUT2D eigenvalue weighted by Crippen LogP contribution is -2.08. The number of rotatable bonds is 10. The number of carbonyl (C=O) groups excluding carboxylic acids is 1. The van der Waals surface area contributed by atoms with Gasteiger partial charge in [0, 0.05) is 12.8 Å². The van der Waals surface area contributed by atoms with Crippen LogP contribution in [0, 0.1) is 5.92 Å². The standard InChI is InChI=1S/C18H28O3/c1-5-7-16(19)12-14(3)11-15-8-9-17(21-10-6-2)18(13-15)20-4/h8-9,13-14H,5-7,10-12H2,1-4H3. The molecule has 0 aliphatic carbocycles. The van der Waals surface area contributed by atoms with E-state index in [-0.39, 0.29) is 0 Å². The first kappa shape index (κ1) is 17.5. The first-order valence-electron chi connectivity index (χ1n) is 7.92. The van der Waals surface area contributed by atoms with Crippen LogP contribution in [0.2, 0.25) is 0 Å². The van der Waals surface area contributed by atoms with E-state index in [4.69, 9.17) is 9.47 Å². The van der Waals surface area contributed by atoms with Crippen molar-refractivity contribution in [3.8, 4) is 11.5 Å². The van der Waals surface area contributed by atoms with Gasteiger partial charge in [-0.05, 0) is 42.9 Å². The maximum atomic E-state index is 11.7. The molecule has 3 heteroatoms. The topological polar surface area (TPSA) is 35.5 Å². The molecule has 1 atom stereocenters. The van der Waals surface area contributed by atoms with Crippen molar-refractivity contribution in [2.75, 3.05) is 13.7 Å². The minimum atomic E-state index is 0.358. The molecule has 0 aromatic heterocycles. The van der Waals surface area contributed by atoms with Crippen LogP contribution in [0.15, 0.2) is 18.2 Å². The summed E-state index contributed by atoms with van der Waals surface area (Å²) in [6.45, 7) is 6.94. The summed E-state index contributed by atoms with van der Waals surface area (Å²) in [5.41, 5.74) is 1.19. The Morgan fingerprint density at radius 3 is 2.57 bits per heavy atom. The molecular formula is C18H28O3. The highest BCUT2D eigenvalue weighted by molar-refractivity contribution is 5.78. The molecule has 3 nitrogen and oxygen atoms in total. The van der Waals surface area contributed by atoms with Gasteiger partial charge in [-0.1, -0.05) is 26.8 Å². The SMILES string of the molecule is CCCOc1ccc(CC(C)CC(=O)CCC)cc1OC. The van der Waals surface area contributed by atoms with Crippen LogP contribution in [0.1, 0.15) is 52.0 Å². The van der Waals surface area contributed by atoms with E-state index in [0.29, 0.717) is 31.1 Å². The Morgan fingerprint density at radius 2 is 1.95 bits per heavy atom. The van der Waals surface area contributed by atoms with Gasteiger partial charge in [-0.2, -0.15) is 0 Å².